The number of anilines is 2. The molecule has 144 valence electrons. The number of halogens is 1. The lowest BCUT2D eigenvalue weighted by Crippen LogP contribution is -2.16. The number of hydrogen-bond donors (Lipinski definition) is 2. The molecule has 4 aromatic rings. The van der Waals surface area contributed by atoms with Gasteiger partial charge in [0.15, 0.2) is 5.65 Å². The highest BCUT2D eigenvalue weighted by molar-refractivity contribution is 9.10. The van der Waals surface area contributed by atoms with E-state index < -0.39 is 5.92 Å². The summed E-state index contributed by atoms with van der Waals surface area (Å²) >= 11 is 3.50. The second-order valence-corrected chi connectivity index (χ2v) is 7.75. The Morgan fingerprint density at radius 2 is 2.03 bits per heavy atom. The lowest BCUT2D eigenvalue weighted by Gasteiger charge is -2.12. The van der Waals surface area contributed by atoms with Crippen LogP contribution >= 0.6 is 15.9 Å². The van der Waals surface area contributed by atoms with Crippen molar-refractivity contribution < 1.29 is 4.79 Å². The van der Waals surface area contributed by atoms with Gasteiger partial charge < -0.3 is 10.6 Å². The maximum Gasteiger partial charge on any atom is 0.238 e. The fraction of sp³-hybridized carbons (Fsp3) is 0.150. The van der Waals surface area contributed by atoms with Gasteiger partial charge in [0.25, 0.3) is 0 Å². The number of aryl methyl sites for hydroxylation is 1. The van der Waals surface area contributed by atoms with Gasteiger partial charge in [0, 0.05) is 42.3 Å². The van der Waals surface area contributed by atoms with Gasteiger partial charge in [-0.05, 0) is 41.5 Å². The first-order valence-electron chi connectivity index (χ1n) is 9.03. The highest BCUT2D eigenvalue weighted by atomic mass is 79.9. The van der Waals surface area contributed by atoms with E-state index in [9.17, 15) is 4.79 Å². The molecule has 1 aliphatic rings. The predicted octanol–water partition coefficient (Wildman–Crippen LogP) is 3.22. The molecule has 5 rings (SSSR count). The molecule has 1 unspecified atom stereocenters. The van der Waals surface area contributed by atoms with Crippen LogP contribution in [0.5, 0.6) is 0 Å². The van der Waals surface area contributed by atoms with Gasteiger partial charge in [0.05, 0.1) is 11.1 Å². The SMILES string of the molecule is Cn1cc2c(C3C(=O)Nc4ccc(Br)cc43)nc(NCc3ccncc3)nc2n1. The Morgan fingerprint density at radius 3 is 2.86 bits per heavy atom. The molecule has 1 amide bonds. The number of nitrogens with zero attached hydrogens (tertiary/aromatic N) is 5. The number of amides is 1. The maximum atomic E-state index is 12.8. The smallest absolute Gasteiger partial charge is 0.238 e. The van der Waals surface area contributed by atoms with Crippen LogP contribution in [0.4, 0.5) is 11.6 Å². The van der Waals surface area contributed by atoms with Crippen LogP contribution < -0.4 is 10.6 Å². The van der Waals surface area contributed by atoms with E-state index in [1.54, 1.807) is 17.1 Å². The van der Waals surface area contributed by atoms with E-state index in [1.807, 2.05) is 43.6 Å². The molecular weight excluding hydrogens is 434 g/mol. The summed E-state index contributed by atoms with van der Waals surface area (Å²) in [5, 5.41) is 11.4. The van der Waals surface area contributed by atoms with Crippen LogP contribution in [0, 0.1) is 0 Å². The molecule has 4 heterocycles. The quantitative estimate of drug-likeness (QED) is 0.496. The Bertz CT molecular complexity index is 1240. The fourth-order valence-corrected chi connectivity index (χ4v) is 3.90. The van der Waals surface area contributed by atoms with Crippen LogP contribution in [0.3, 0.4) is 0 Å². The summed E-state index contributed by atoms with van der Waals surface area (Å²) in [6, 6.07) is 9.59. The van der Waals surface area contributed by atoms with Crippen molar-refractivity contribution in [3.05, 3.63) is 70.2 Å². The molecule has 29 heavy (non-hydrogen) atoms. The summed E-state index contributed by atoms with van der Waals surface area (Å²) in [4.78, 5) is 26.1. The van der Waals surface area contributed by atoms with Crippen molar-refractivity contribution in [2.45, 2.75) is 12.5 Å². The monoisotopic (exact) mass is 449 g/mol. The molecular formula is C20H16BrN7O. The Labute approximate surface area is 174 Å². The standard InChI is InChI=1S/C20H16BrN7O/c1-28-10-14-17(16-13-8-12(21)2-3-15(13)24-19(16)29)25-20(26-18(14)27-28)23-9-11-4-6-22-7-5-11/h2-8,10,16H,9H2,1H3,(H,24,29)(H,23,26,27). The maximum absolute atomic E-state index is 12.8. The highest BCUT2D eigenvalue weighted by Gasteiger charge is 2.35. The highest BCUT2D eigenvalue weighted by Crippen LogP contribution is 2.40. The van der Waals surface area contributed by atoms with Crippen molar-refractivity contribution in [2.75, 3.05) is 10.6 Å². The molecule has 0 spiro atoms. The van der Waals surface area contributed by atoms with Crippen LogP contribution in [-0.4, -0.2) is 30.6 Å². The van der Waals surface area contributed by atoms with Gasteiger partial charge >= 0.3 is 0 Å². The van der Waals surface area contributed by atoms with E-state index in [2.05, 4.69) is 41.6 Å². The van der Waals surface area contributed by atoms with Crippen molar-refractivity contribution in [1.82, 2.24) is 24.7 Å². The molecule has 3 aromatic heterocycles. The molecule has 0 radical (unpaired) electrons. The number of nitrogens with one attached hydrogen (secondary N) is 2. The largest absolute Gasteiger partial charge is 0.350 e. The molecule has 1 aromatic carbocycles. The van der Waals surface area contributed by atoms with Crippen molar-refractivity contribution in [3.8, 4) is 0 Å². The number of hydrogen-bond acceptors (Lipinski definition) is 6. The molecule has 0 fully saturated rings. The van der Waals surface area contributed by atoms with Crippen LogP contribution in [0.15, 0.2) is 53.4 Å². The minimum atomic E-state index is -0.529. The summed E-state index contributed by atoms with van der Waals surface area (Å²) in [6.07, 6.45) is 5.33. The number of carbonyl (C=O) groups is 1. The summed E-state index contributed by atoms with van der Waals surface area (Å²) in [6.45, 7) is 0.541. The van der Waals surface area contributed by atoms with Crippen molar-refractivity contribution in [1.29, 1.82) is 0 Å². The zero-order valence-electron chi connectivity index (χ0n) is 15.4. The molecule has 8 nitrogen and oxygen atoms in total. The molecule has 0 aliphatic carbocycles. The average Bonchev–Trinajstić information content (AvgIpc) is 3.24. The normalized spacial score (nSPS) is 15.4. The Hall–Kier alpha value is -3.33. The molecule has 2 N–H and O–H groups in total. The van der Waals surface area contributed by atoms with Gasteiger partial charge in [0.2, 0.25) is 11.9 Å². The summed E-state index contributed by atoms with van der Waals surface area (Å²) in [7, 11) is 1.83. The van der Waals surface area contributed by atoms with Crippen LogP contribution in [-0.2, 0) is 18.4 Å². The minimum absolute atomic E-state index is 0.109. The van der Waals surface area contributed by atoms with Gasteiger partial charge in [-0.1, -0.05) is 15.9 Å². The van der Waals surface area contributed by atoms with E-state index >= 15 is 0 Å². The number of pyridine rings is 1. The summed E-state index contributed by atoms with van der Waals surface area (Å²) in [5.74, 6) is -0.208. The third-order valence-corrected chi connectivity index (χ3v) is 5.33. The van der Waals surface area contributed by atoms with Gasteiger partial charge in [-0.25, -0.2) is 4.98 Å². The minimum Gasteiger partial charge on any atom is -0.350 e. The van der Waals surface area contributed by atoms with E-state index in [0.29, 0.717) is 23.8 Å². The zero-order valence-corrected chi connectivity index (χ0v) is 17.0. The molecule has 1 aliphatic heterocycles. The van der Waals surface area contributed by atoms with Crippen LogP contribution in [0.1, 0.15) is 22.7 Å². The topological polar surface area (TPSA) is 97.6 Å². The third-order valence-electron chi connectivity index (χ3n) is 4.84. The third kappa shape index (κ3) is 3.23. The molecule has 1 atom stereocenters. The van der Waals surface area contributed by atoms with Gasteiger partial charge in [-0.15, -0.1) is 0 Å². The zero-order chi connectivity index (χ0) is 20.0. The average molecular weight is 450 g/mol. The van der Waals surface area contributed by atoms with Crippen LogP contribution in [0.25, 0.3) is 11.0 Å². The number of rotatable bonds is 4. The van der Waals surface area contributed by atoms with Crippen molar-refractivity contribution in [3.63, 3.8) is 0 Å². The van der Waals surface area contributed by atoms with Crippen LogP contribution in [0.2, 0.25) is 0 Å². The van der Waals surface area contributed by atoms with E-state index in [4.69, 9.17) is 4.98 Å². The van der Waals surface area contributed by atoms with E-state index in [1.165, 1.54) is 0 Å². The Morgan fingerprint density at radius 1 is 1.21 bits per heavy atom. The molecule has 0 saturated carbocycles. The molecule has 0 saturated heterocycles. The van der Waals surface area contributed by atoms with E-state index in [0.717, 1.165) is 26.7 Å². The second-order valence-electron chi connectivity index (χ2n) is 6.84. The second kappa shape index (κ2) is 6.93. The number of aromatic nitrogens is 5. The van der Waals surface area contributed by atoms with Gasteiger partial charge in [-0.2, -0.15) is 10.1 Å². The van der Waals surface area contributed by atoms with Crippen molar-refractivity contribution >= 4 is 44.5 Å². The number of fused-ring (bicyclic) bond motifs is 2. The Kier molecular flexibility index (Phi) is 4.24. The van der Waals surface area contributed by atoms with Gasteiger partial charge in [0.1, 0.15) is 5.92 Å². The first kappa shape index (κ1) is 17.7. The lowest BCUT2D eigenvalue weighted by molar-refractivity contribution is -0.116. The predicted molar refractivity (Wildman–Crippen MR) is 112 cm³/mol. The summed E-state index contributed by atoms with van der Waals surface area (Å²) < 4.78 is 2.59. The Balaban J connectivity index is 1.60. The summed E-state index contributed by atoms with van der Waals surface area (Å²) in [5.41, 5.74) is 3.92. The molecule has 9 heteroatoms. The number of benzene rings is 1. The number of carbonyl (C=O) groups excluding carboxylic acids is 1. The van der Waals surface area contributed by atoms with Crippen molar-refractivity contribution in [2.24, 2.45) is 7.05 Å². The fourth-order valence-electron chi connectivity index (χ4n) is 3.52. The van der Waals surface area contributed by atoms with Gasteiger partial charge in [-0.3, -0.25) is 14.5 Å². The first-order chi connectivity index (χ1) is 14.1. The molecule has 0 bridgehead atoms. The van der Waals surface area contributed by atoms with E-state index in [-0.39, 0.29) is 5.91 Å². The lowest BCUT2D eigenvalue weighted by atomic mass is 9.95. The first-order valence-corrected chi connectivity index (χ1v) is 9.82.